The van der Waals surface area contributed by atoms with Gasteiger partial charge in [-0.05, 0) is 68.3 Å². The number of rotatable bonds is 3. The van der Waals surface area contributed by atoms with Gasteiger partial charge in [-0.3, -0.25) is 4.40 Å². The molecule has 2 aliphatic rings. The van der Waals surface area contributed by atoms with E-state index < -0.39 is 11.0 Å². The van der Waals surface area contributed by atoms with Crippen molar-refractivity contribution in [3.63, 3.8) is 0 Å². The van der Waals surface area contributed by atoms with Gasteiger partial charge in [-0.1, -0.05) is 12.8 Å². The zero-order valence-electron chi connectivity index (χ0n) is 17.2. The van der Waals surface area contributed by atoms with Crippen LogP contribution < -0.4 is 9.62 Å². The van der Waals surface area contributed by atoms with Crippen molar-refractivity contribution >= 4 is 38.5 Å². The van der Waals surface area contributed by atoms with Gasteiger partial charge in [0.2, 0.25) is 5.95 Å². The molecule has 1 saturated heterocycles. The number of imidazole rings is 1. The fourth-order valence-corrected chi connectivity index (χ4v) is 5.95. The van der Waals surface area contributed by atoms with Gasteiger partial charge in [-0.15, -0.1) is 0 Å². The predicted octanol–water partition coefficient (Wildman–Crippen LogP) is 3.99. The molecule has 8 heteroatoms. The molecule has 1 N–H and O–H groups in total. The second-order valence-electron chi connectivity index (χ2n) is 9.25. The second-order valence-corrected chi connectivity index (χ2v) is 12.0. The van der Waals surface area contributed by atoms with Crippen molar-refractivity contribution in [2.24, 2.45) is 5.41 Å². The van der Waals surface area contributed by atoms with E-state index in [1.807, 2.05) is 40.1 Å². The second kappa shape index (κ2) is 7.36. The number of hydrogen-bond donors (Lipinski definition) is 1. The molecule has 0 aromatic carbocycles. The van der Waals surface area contributed by atoms with Crippen LogP contribution in [0.25, 0.3) is 5.65 Å². The van der Waals surface area contributed by atoms with Gasteiger partial charge in [0.25, 0.3) is 0 Å². The molecule has 4 rings (SSSR count). The summed E-state index contributed by atoms with van der Waals surface area (Å²) in [6, 6.07) is 0.202. The third-order valence-electron chi connectivity index (χ3n) is 6.35. The fourth-order valence-electron chi connectivity index (χ4n) is 4.63. The fraction of sp³-hybridized carbons (Fsp3) is 0.700. The average Bonchev–Trinajstić information content (AvgIpc) is 3.30. The molecule has 1 aliphatic heterocycles. The Bertz CT molecular complexity index is 900. The molecule has 1 aliphatic carbocycles. The minimum Gasteiger partial charge on any atom is -0.340 e. The maximum Gasteiger partial charge on any atom is 0.211 e. The van der Waals surface area contributed by atoms with E-state index in [-0.39, 0.29) is 16.2 Å². The van der Waals surface area contributed by atoms with E-state index in [9.17, 15) is 4.21 Å². The molecule has 6 nitrogen and oxygen atoms in total. The molecule has 154 valence electrons. The maximum absolute atomic E-state index is 12.9. The van der Waals surface area contributed by atoms with Gasteiger partial charge in [0.1, 0.15) is 0 Å². The van der Waals surface area contributed by atoms with Crippen LogP contribution in [0.5, 0.6) is 0 Å². The number of nitrogens with one attached hydrogen (secondary N) is 1. The van der Waals surface area contributed by atoms with Gasteiger partial charge in [-0.2, -0.15) is 0 Å². The topological polar surface area (TPSA) is 62.5 Å². The number of fused-ring (bicyclic) bond motifs is 1. The molecular formula is C20H30BrN5OS. The van der Waals surface area contributed by atoms with Crippen molar-refractivity contribution in [2.45, 2.75) is 70.6 Å². The van der Waals surface area contributed by atoms with Crippen LogP contribution in [0.3, 0.4) is 0 Å². The van der Waals surface area contributed by atoms with Gasteiger partial charge >= 0.3 is 0 Å². The Balaban J connectivity index is 1.67. The van der Waals surface area contributed by atoms with Crippen LogP contribution in [0.4, 0.5) is 5.95 Å². The van der Waals surface area contributed by atoms with Gasteiger partial charge in [-0.25, -0.2) is 18.9 Å². The summed E-state index contributed by atoms with van der Waals surface area (Å²) >= 11 is 3.62. The molecule has 2 atom stereocenters. The van der Waals surface area contributed by atoms with E-state index in [2.05, 4.69) is 34.9 Å². The van der Waals surface area contributed by atoms with Gasteiger partial charge in [0.15, 0.2) is 5.65 Å². The van der Waals surface area contributed by atoms with Crippen LogP contribution in [-0.4, -0.2) is 42.5 Å². The molecule has 1 spiro atoms. The first kappa shape index (κ1) is 20.3. The molecule has 0 radical (unpaired) electrons. The summed E-state index contributed by atoms with van der Waals surface area (Å²) in [7, 11) is -1.08. The van der Waals surface area contributed by atoms with Crippen molar-refractivity contribution in [1.29, 1.82) is 0 Å². The van der Waals surface area contributed by atoms with Crippen molar-refractivity contribution in [3.8, 4) is 0 Å². The van der Waals surface area contributed by atoms with Crippen molar-refractivity contribution in [2.75, 3.05) is 18.0 Å². The summed E-state index contributed by atoms with van der Waals surface area (Å²) in [5.74, 6) is 0.925. The molecule has 3 heterocycles. The summed E-state index contributed by atoms with van der Waals surface area (Å²) in [5.41, 5.74) is 2.10. The number of aromatic nitrogens is 3. The van der Waals surface area contributed by atoms with Crippen molar-refractivity contribution in [3.05, 3.63) is 22.6 Å². The minimum absolute atomic E-state index is 0.202. The molecular weight excluding hydrogens is 438 g/mol. The summed E-state index contributed by atoms with van der Waals surface area (Å²) in [6.45, 7) is 9.91. The molecule has 0 amide bonds. The monoisotopic (exact) mass is 467 g/mol. The molecule has 1 unspecified atom stereocenters. The largest absolute Gasteiger partial charge is 0.340 e. The van der Waals surface area contributed by atoms with Crippen LogP contribution in [0.15, 0.2) is 16.9 Å². The third kappa shape index (κ3) is 3.52. The van der Waals surface area contributed by atoms with Crippen molar-refractivity contribution < 1.29 is 4.21 Å². The highest BCUT2D eigenvalue weighted by atomic mass is 79.9. The summed E-state index contributed by atoms with van der Waals surface area (Å²) in [5, 5.41) is 0. The lowest BCUT2D eigenvalue weighted by Crippen LogP contribution is -2.58. The maximum atomic E-state index is 12.9. The smallest absolute Gasteiger partial charge is 0.211 e. The number of piperidine rings is 1. The Morgan fingerprint density at radius 3 is 2.68 bits per heavy atom. The van der Waals surface area contributed by atoms with Crippen LogP contribution >= 0.6 is 15.9 Å². The predicted molar refractivity (Wildman–Crippen MR) is 118 cm³/mol. The average molecular weight is 468 g/mol. The van der Waals surface area contributed by atoms with Gasteiger partial charge < -0.3 is 4.90 Å². The third-order valence-corrected chi connectivity index (χ3v) is 8.89. The highest BCUT2D eigenvalue weighted by molar-refractivity contribution is 9.10. The van der Waals surface area contributed by atoms with E-state index in [4.69, 9.17) is 4.98 Å². The lowest BCUT2D eigenvalue weighted by molar-refractivity contribution is 0.176. The van der Waals surface area contributed by atoms with Crippen LogP contribution in [0.1, 0.15) is 58.6 Å². The summed E-state index contributed by atoms with van der Waals surface area (Å²) in [4.78, 5) is 11.7. The normalized spacial score (nSPS) is 23.6. The Morgan fingerprint density at radius 1 is 1.29 bits per heavy atom. The molecule has 2 aromatic rings. The van der Waals surface area contributed by atoms with E-state index in [1.54, 1.807) is 0 Å². The number of halogens is 1. The first-order chi connectivity index (χ1) is 13.2. The van der Waals surface area contributed by atoms with E-state index in [0.717, 1.165) is 41.3 Å². The van der Waals surface area contributed by atoms with Gasteiger partial charge in [0.05, 0.1) is 25.9 Å². The lowest BCUT2D eigenvalue weighted by atomic mass is 9.73. The Labute approximate surface area is 178 Å². The Morgan fingerprint density at radius 2 is 2.00 bits per heavy atom. The highest BCUT2D eigenvalue weighted by Crippen LogP contribution is 2.47. The zero-order valence-corrected chi connectivity index (χ0v) is 19.6. The zero-order chi connectivity index (χ0) is 20.1. The first-order valence-corrected chi connectivity index (χ1v) is 12.1. The van der Waals surface area contributed by atoms with Crippen LogP contribution in [0, 0.1) is 12.3 Å². The number of anilines is 1. The molecule has 0 bridgehead atoms. The number of nitrogens with zero attached hydrogens (tertiary/aromatic N) is 4. The number of aryl methyl sites for hydroxylation is 1. The van der Waals surface area contributed by atoms with E-state index >= 15 is 0 Å². The highest BCUT2D eigenvalue weighted by Gasteiger charge is 2.46. The number of hydrogen-bond acceptors (Lipinski definition) is 4. The molecule has 2 aromatic heterocycles. The SMILES string of the molecule is Cc1nc(N2CCC3(CCCC3)C(N[S@@](=O)C(C)(C)C)C2)n2ccnc2c1Br. The van der Waals surface area contributed by atoms with Gasteiger partial charge in [0, 0.05) is 31.5 Å². The molecule has 28 heavy (non-hydrogen) atoms. The molecule has 2 fully saturated rings. The molecule has 1 saturated carbocycles. The summed E-state index contributed by atoms with van der Waals surface area (Å²) in [6.07, 6.45) is 9.91. The van der Waals surface area contributed by atoms with E-state index in [1.165, 1.54) is 25.7 Å². The Hall–Kier alpha value is -0.990. The minimum atomic E-state index is -1.08. The van der Waals surface area contributed by atoms with Crippen LogP contribution in [-0.2, 0) is 11.0 Å². The van der Waals surface area contributed by atoms with Crippen molar-refractivity contribution in [1.82, 2.24) is 19.1 Å². The van der Waals surface area contributed by atoms with Crippen LogP contribution in [0.2, 0.25) is 0 Å². The first-order valence-electron chi connectivity index (χ1n) is 10.1. The summed E-state index contributed by atoms with van der Waals surface area (Å²) < 4.78 is 19.2. The lowest BCUT2D eigenvalue weighted by Gasteiger charge is -2.47. The Kier molecular flexibility index (Phi) is 5.33. The van der Waals surface area contributed by atoms with E-state index in [0.29, 0.717) is 0 Å². The quantitative estimate of drug-likeness (QED) is 0.740. The standard InChI is InChI=1S/C20H30BrN5OS/c1-14-16(21)17-22-10-12-26(17)18(23-14)25-11-9-20(7-5-6-8-20)15(13-25)24-28(27)19(2,3)4/h10,12,15,24H,5-9,11,13H2,1-4H3/t15?,28-/m0/s1.